The minimum atomic E-state index is -1.62. The van der Waals surface area contributed by atoms with Gasteiger partial charge in [0.15, 0.2) is 11.0 Å². The zero-order chi connectivity index (χ0) is 20.9. The molecule has 29 heavy (non-hydrogen) atoms. The summed E-state index contributed by atoms with van der Waals surface area (Å²) in [4.78, 5) is 12.7. The maximum absolute atomic E-state index is 12.7. The highest BCUT2D eigenvalue weighted by molar-refractivity contribution is 5.89. The Kier molecular flexibility index (Phi) is 4.67. The molecule has 2 heterocycles. The van der Waals surface area contributed by atoms with E-state index in [4.69, 9.17) is 9.15 Å². The van der Waals surface area contributed by atoms with Crippen molar-refractivity contribution in [3.05, 3.63) is 52.2 Å². The van der Waals surface area contributed by atoms with Crippen LogP contribution in [0.2, 0.25) is 0 Å². The van der Waals surface area contributed by atoms with Gasteiger partial charge in [0.05, 0.1) is 12.2 Å². The van der Waals surface area contributed by atoms with E-state index in [9.17, 15) is 35.4 Å². The molecule has 152 valence electrons. The summed E-state index contributed by atoms with van der Waals surface area (Å²) in [6.45, 7) is -0.327. The molecule has 1 saturated heterocycles. The van der Waals surface area contributed by atoms with E-state index < -0.39 is 41.3 Å². The third-order valence-corrected chi connectivity index (χ3v) is 4.94. The van der Waals surface area contributed by atoms with Gasteiger partial charge in [-0.15, -0.1) is 0 Å². The SMILES string of the molecule is O=c1cc(-c2ccc(O)cc2)oc2c([C@@H]3OC[C@H](O)[C@H](O)[C@H]3O)c(O)cc(O)c12. The van der Waals surface area contributed by atoms with Gasteiger partial charge < -0.3 is 39.8 Å². The highest BCUT2D eigenvalue weighted by atomic mass is 16.5. The summed E-state index contributed by atoms with van der Waals surface area (Å²) in [5.74, 6) is -0.953. The van der Waals surface area contributed by atoms with Crippen molar-refractivity contribution in [2.75, 3.05) is 6.61 Å². The van der Waals surface area contributed by atoms with Gasteiger partial charge in [-0.25, -0.2) is 0 Å². The average Bonchev–Trinajstić information content (AvgIpc) is 2.67. The van der Waals surface area contributed by atoms with Crippen molar-refractivity contribution >= 4 is 11.0 Å². The van der Waals surface area contributed by atoms with Gasteiger partial charge in [0.1, 0.15) is 52.8 Å². The van der Waals surface area contributed by atoms with Crippen molar-refractivity contribution < 1.29 is 39.8 Å². The predicted molar refractivity (Wildman–Crippen MR) is 99.6 cm³/mol. The molecule has 0 unspecified atom stereocenters. The first-order valence-corrected chi connectivity index (χ1v) is 8.76. The number of aliphatic hydroxyl groups is 3. The van der Waals surface area contributed by atoms with E-state index in [-0.39, 0.29) is 34.6 Å². The van der Waals surface area contributed by atoms with E-state index in [0.717, 1.165) is 12.1 Å². The van der Waals surface area contributed by atoms with E-state index in [2.05, 4.69) is 0 Å². The van der Waals surface area contributed by atoms with Crippen LogP contribution in [0.15, 0.2) is 45.6 Å². The van der Waals surface area contributed by atoms with E-state index in [0.29, 0.717) is 5.56 Å². The molecule has 0 amide bonds. The molecule has 1 fully saturated rings. The number of benzene rings is 2. The number of rotatable bonds is 2. The number of phenols is 3. The second-order valence-corrected chi connectivity index (χ2v) is 6.86. The lowest BCUT2D eigenvalue weighted by Crippen LogP contribution is -2.49. The first-order chi connectivity index (χ1) is 13.8. The van der Waals surface area contributed by atoms with Gasteiger partial charge in [0.2, 0.25) is 0 Å². The maximum atomic E-state index is 12.7. The van der Waals surface area contributed by atoms with Gasteiger partial charge in [0.25, 0.3) is 0 Å². The van der Waals surface area contributed by atoms with Crippen LogP contribution >= 0.6 is 0 Å². The number of aromatic hydroxyl groups is 3. The molecule has 0 saturated carbocycles. The van der Waals surface area contributed by atoms with E-state index in [1.807, 2.05) is 0 Å². The molecule has 0 aliphatic carbocycles. The van der Waals surface area contributed by atoms with Crippen LogP contribution in [0.4, 0.5) is 0 Å². The smallest absolute Gasteiger partial charge is 0.197 e. The van der Waals surface area contributed by atoms with Gasteiger partial charge in [0, 0.05) is 17.7 Å². The summed E-state index contributed by atoms with van der Waals surface area (Å²) in [7, 11) is 0. The highest BCUT2D eigenvalue weighted by Crippen LogP contribution is 2.42. The van der Waals surface area contributed by atoms with E-state index in [1.165, 1.54) is 24.3 Å². The summed E-state index contributed by atoms with van der Waals surface area (Å²) in [5, 5.41) is 59.8. The second-order valence-electron chi connectivity index (χ2n) is 6.86. The average molecular weight is 402 g/mol. The normalized spacial score (nSPS) is 24.7. The van der Waals surface area contributed by atoms with Crippen molar-refractivity contribution in [3.8, 4) is 28.6 Å². The zero-order valence-electron chi connectivity index (χ0n) is 14.9. The van der Waals surface area contributed by atoms with Gasteiger partial charge >= 0.3 is 0 Å². The highest BCUT2D eigenvalue weighted by Gasteiger charge is 2.41. The molecule has 9 nitrogen and oxygen atoms in total. The largest absolute Gasteiger partial charge is 0.508 e. The van der Waals surface area contributed by atoms with E-state index >= 15 is 0 Å². The zero-order valence-corrected chi connectivity index (χ0v) is 14.9. The summed E-state index contributed by atoms with van der Waals surface area (Å²) in [5.41, 5.74) is -0.546. The summed E-state index contributed by atoms with van der Waals surface area (Å²) >= 11 is 0. The maximum Gasteiger partial charge on any atom is 0.197 e. The Bertz CT molecular complexity index is 1120. The fourth-order valence-corrected chi connectivity index (χ4v) is 3.42. The van der Waals surface area contributed by atoms with Gasteiger partial charge in [-0.05, 0) is 24.3 Å². The summed E-state index contributed by atoms with van der Waals surface area (Å²) < 4.78 is 11.2. The summed E-state index contributed by atoms with van der Waals surface area (Å²) in [6, 6.07) is 7.87. The Balaban J connectivity index is 1.97. The Hall–Kier alpha value is -3.11. The third-order valence-electron chi connectivity index (χ3n) is 4.94. The first kappa shape index (κ1) is 19.2. The first-order valence-electron chi connectivity index (χ1n) is 8.76. The van der Waals surface area contributed by atoms with Crippen molar-refractivity contribution in [1.82, 2.24) is 0 Å². The second kappa shape index (κ2) is 7.05. The van der Waals surface area contributed by atoms with Crippen molar-refractivity contribution in [2.24, 2.45) is 0 Å². The Morgan fingerprint density at radius 3 is 2.28 bits per heavy atom. The number of aliphatic hydroxyl groups excluding tert-OH is 3. The molecule has 1 aromatic heterocycles. The molecule has 3 aromatic rings. The molecule has 0 bridgehead atoms. The fourth-order valence-electron chi connectivity index (χ4n) is 3.42. The molecule has 4 atom stereocenters. The van der Waals surface area contributed by atoms with Crippen LogP contribution in [0, 0.1) is 0 Å². The Morgan fingerprint density at radius 1 is 0.897 bits per heavy atom. The number of hydrogen-bond donors (Lipinski definition) is 6. The van der Waals surface area contributed by atoms with Crippen LogP contribution in [-0.2, 0) is 4.74 Å². The standard InChI is InChI=1S/C20H18O9/c21-9-3-1-8(2-4-9)14-6-12(24)15-10(22)5-11(23)16(19(15)29-14)20-18(27)17(26)13(25)7-28-20/h1-6,13,17-18,20-23,25-27H,7H2/t13-,17-,18+,20-/m0/s1. The number of phenolic OH excluding ortho intramolecular Hbond substituents is 3. The number of fused-ring (bicyclic) bond motifs is 1. The predicted octanol–water partition coefficient (Wildman–Crippen LogP) is 0.731. The minimum Gasteiger partial charge on any atom is -0.508 e. The van der Waals surface area contributed by atoms with Crippen LogP contribution in [0.25, 0.3) is 22.3 Å². The molecular formula is C20H18O9. The summed E-state index contributed by atoms with van der Waals surface area (Å²) in [6.07, 6.45) is -5.83. The fraction of sp³-hybridized carbons (Fsp3) is 0.250. The Labute approximate surface area is 163 Å². The van der Waals surface area contributed by atoms with Gasteiger partial charge in [-0.3, -0.25) is 4.79 Å². The molecule has 6 N–H and O–H groups in total. The van der Waals surface area contributed by atoms with Crippen LogP contribution < -0.4 is 5.43 Å². The molecule has 1 aliphatic heterocycles. The van der Waals surface area contributed by atoms with Crippen LogP contribution in [0.3, 0.4) is 0 Å². The third kappa shape index (κ3) is 3.19. The van der Waals surface area contributed by atoms with Gasteiger partial charge in [-0.2, -0.15) is 0 Å². The quantitative estimate of drug-likeness (QED) is 0.363. The number of hydrogen-bond acceptors (Lipinski definition) is 9. The minimum absolute atomic E-state index is 0.0131. The van der Waals surface area contributed by atoms with Crippen molar-refractivity contribution in [3.63, 3.8) is 0 Å². The van der Waals surface area contributed by atoms with Crippen molar-refractivity contribution in [2.45, 2.75) is 24.4 Å². The lowest BCUT2D eigenvalue weighted by molar-refractivity contribution is -0.189. The molecule has 9 heteroatoms. The number of ether oxygens (including phenoxy) is 1. The van der Waals surface area contributed by atoms with Crippen LogP contribution in [0.1, 0.15) is 11.7 Å². The van der Waals surface area contributed by atoms with Gasteiger partial charge in [-0.1, -0.05) is 0 Å². The molecule has 0 radical (unpaired) electrons. The molecule has 2 aromatic carbocycles. The van der Waals surface area contributed by atoms with Crippen molar-refractivity contribution in [1.29, 1.82) is 0 Å². The Morgan fingerprint density at radius 2 is 1.59 bits per heavy atom. The molecule has 1 aliphatic rings. The topological polar surface area (TPSA) is 161 Å². The van der Waals surface area contributed by atoms with Crippen LogP contribution in [-0.4, -0.2) is 55.6 Å². The molecular weight excluding hydrogens is 384 g/mol. The molecule has 4 rings (SSSR count). The monoisotopic (exact) mass is 402 g/mol. The lowest BCUT2D eigenvalue weighted by atomic mass is 9.92. The lowest BCUT2D eigenvalue weighted by Gasteiger charge is -2.35. The van der Waals surface area contributed by atoms with E-state index in [1.54, 1.807) is 0 Å². The van der Waals surface area contributed by atoms with Crippen LogP contribution in [0.5, 0.6) is 17.2 Å². The molecule has 0 spiro atoms.